The molecule has 5 nitrogen and oxygen atoms in total. The molecule has 2 aromatic heterocycles. The minimum atomic E-state index is 0.606. The molecule has 102 valence electrons. The number of hydrogen-bond acceptors (Lipinski definition) is 3. The fraction of sp³-hybridized carbons (Fsp3) is 0.571. The number of aromatic nitrogens is 4. The average molecular weight is 259 g/mol. The molecule has 1 aliphatic rings. The first-order chi connectivity index (χ1) is 9.33. The Morgan fingerprint density at radius 1 is 1.21 bits per heavy atom. The van der Waals surface area contributed by atoms with Gasteiger partial charge in [0.1, 0.15) is 5.82 Å². The van der Waals surface area contributed by atoms with Crippen molar-refractivity contribution >= 4 is 5.95 Å². The maximum atomic E-state index is 4.43. The van der Waals surface area contributed by atoms with Crippen LogP contribution < -0.4 is 5.32 Å². The van der Waals surface area contributed by atoms with E-state index in [4.69, 9.17) is 0 Å². The largest absolute Gasteiger partial charge is 0.353 e. The first-order valence-corrected chi connectivity index (χ1v) is 7.07. The van der Waals surface area contributed by atoms with Gasteiger partial charge in [-0.05, 0) is 12.8 Å². The van der Waals surface area contributed by atoms with Crippen molar-refractivity contribution in [1.29, 1.82) is 0 Å². The average Bonchev–Trinajstić information content (AvgIpc) is 3.11. The molecule has 1 saturated carbocycles. The second-order valence-electron chi connectivity index (χ2n) is 5.27. The molecule has 2 heterocycles. The topological polar surface area (TPSA) is 47.7 Å². The highest BCUT2D eigenvalue weighted by molar-refractivity contribution is 5.28. The van der Waals surface area contributed by atoms with Crippen LogP contribution in [-0.2, 0) is 20.0 Å². The van der Waals surface area contributed by atoms with Gasteiger partial charge < -0.3 is 14.5 Å². The van der Waals surface area contributed by atoms with Crippen LogP contribution in [0.4, 0.5) is 5.95 Å². The fourth-order valence-electron chi connectivity index (χ4n) is 2.74. The van der Waals surface area contributed by atoms with Gasteiger partial charge in [0.25, 0.3) is 0 Å². The van der Waals surface area contributed by atoms with Crippen LogP contribution in [0.1, 0.15) is 31.5 Å². The number of aryl methyl sites for hydroxylation is 3. The third-order valence-corrected chi connectivity index (χ3v) is 3.90. The summed E-state index contributed by atoms with van der Waals surface area (Å²) in [5.74, 6) is 2.11. The first-order valence-electron chi connectivity index (χ1n) is 7.07. The molecule has 2 aromatic rings. The van der Waals surface area contributed by atoms with Crippen molar-refractivity contribution in [3.63, 3.8) is 0 Å². The Balaban J connectivity index is 1.61. The van der Waals surface area contributed by atoms with Gasteiger partial charge in [-0.3, -0.25) is 0 Å². The summed E-state index contributed by atoms with van der Waals surface area (Å²) in [5.41, 5.74) is 0. The lowest BCUT2D eigenvalue weighted by molar-refractivity contribution is 0.642. The van der Waals surface area contributed by atoms with Crippen LogP contribution >= 0.6 is 0 Å². The second kappa shape index (κ2) is 5.47. The summed E-state index contributed by atoms with van der Waals surface area (Å²) in [6, 6.07) is 0.606. The van der Waals surface area contributed by atoms with E-state index in [0.29, 0.717) is 6.04 Å². The van der Waals surface area contributed by atoms with Crippen LogP contribution in [0.5, 0.6) is 0 Å². The van der Waals surface area contributed by atoms with Crippen molar-refractivity contribution in [1.82, 2.24) is 19.1 Å². The molecule has 0 radical (unpaired) electrons. The molecule has 0 atom stereocenters. The van der Waals surface area contributed by atoms with Crippen LogP contribution in [-0.4, -0.2) is 25.1 Å². The van der Waals surface area contributed by atoms with Crippen molar-refractivity contribution in [3.05, 3.63) is 30.6 Å². The Hall–Kier alpha value is -1.78. The molecule has 0 bridgehead atoms. The summed E-state index contributed by atoms with van der Waals surface area (Å²) in [5, 5.41) is 3.56. The minimum Gasteiger partial charge on any atom is -0.353 e. The predicted octanol–water partition coefficient (Wildman–Crippen LogP) is 2.21. The van der Waals surface area contributed by atoms with Gasteiger partial charge in [-0.25, -0.2) is 9.97 Å². The molecule has 0 unspecified atom stereocenters. The zero-order valence-corrected chi connectivity index (χ0v) is 11.4. The Kier molecular flexibility index (Phi) is 3.53. The van der Waals surface area contributed by atoms with Gasteiger partial charge in [-0.15, -0.1) is 0 Å². The molecular weight excluding hydrogens is 238 g/mol. The van der Waals surface area contributed by atoms with E-state index >= 15 is 0 Å². The first kappa shape index (κ1) is 12.3. The standard InChI is InChI=1S/C14H21N5/c1-18-10-7-15-13(18)6-9-19-11-8-16-14(19)17-12-4-2-3-5-12/h7-8,10-12H,2-6,9H2,1H3,(H,16,17). The predicted molar refractivity (Wildman–Crippen MR) is 75.0 cm³/mol. The van der Waals surface area contributed by atoms with Crippen LogP contribution in [0, 0.1) is 0 Å². The van der Waals surface area contributed by atoms with Gasteiger partial charge in [-0.2, -0.15) is 0 Å². The molecule has 0 spiro atoms. The van der Waals surface area contributed by atoms with Gasteiger partial charge in [-0.1, -0.05) is 12.8 Å². The maximum absolute atomic E-state index is 4.43. The lowest BCUT2D eigenvalue weighted by atomic mass is 10.2. The minimum absolute atomic E-state index is 0.606. The Bertz CT molecular complexity index is 521. The van der Waals surface area contributed by atoms with Crippen LogP contribution in [0.2, 0.25) is 0 Å². The van der Waals surface area contributed by atoms with E-state index in [1.165, 1.54) is 25.7 Å². The van der Waals surface area contributed by atoms with Crippen LogP contribution in [0.15, 0.2) is 24.8 Å². The molecule has 0 aliphatic heterocycles. The van der Waals surface area contributed by atoms with E-state index in [-0.39, 0.29) is 0 Å². The zero-order chi connectivity index (χ0) is 13.1. The number of hydrogen-bond donors (Lipinski definition) is 1. The number of nitrogens with zero attached hydrogens (tertiary/aromatic N) is 4. The maximum Gasteiger partial charge on any atom is 0.202 e. The molecule has 19 heavy (non-hydrogen) atoms. The number of anilines is 1. The van der Waals surface area contributed by atoms with Crippen molar-refractivity contribution in [2.45, 2.75) is 44.7 Å². The SMILES string of the molecule is Cn1ccnc1CCn1ccnc1NC1CCCC1. The molecule has 5 heteroatoms. The Labute approximate surface area is 113 Å². The summed E-state index contributed by atoms with van der Waals surface area (Å²) in [7, 11) is 2.04. The highest BCUT2D eigenvalue weighted by Gasteiger charge is 2.16. The highest BCUT2D eigenvalue weighted by atomic mass is 15.2. The van der Waals surface area contributed by atoms with Crippen molar-refractivity contribution in [2.75, 3.05) is 5.32 Å². The van der Waals surface area contributed by atoms with E-state index in [9.17, 15) is 0 Å². The summed E-state index contributed by atoms with van der Waals surface area (Å²) in [6.07, 6.45) is 13.9. The highest BCUT2D eigenvalue weighted by Crippen LogP contribution is 2.21. The number of rotatable bonds is 5. The summed E-state index contributed by atoms with van der Waals surface area (Å²) in [6.45, 7) is 0.917. The molecule has 1 N–H and O–H groups in total. The summed E-state index contributed by atoms with van der Waals surface area (Å²) in [4.78, 5) is 8.78. The van der Waals surface area contributed by atoms with Gasteiger partial charge in [0.2, 0.25) is 5.95 Å². The fourth-order valence-corrected chi connectivity index (χ4v) is 2.74. The van der Waals surface area contributed by atoms with E-state index in [1.807, 2.05) is 31.8 Å². The number of nitrogens with one attached hydrogen (secondary N) is 1. The van der Waals surface area contributed by atoms with Gasteiger partial charge >= 0.3 is 0 Å². The van der Waals surface area contributed by atoms with Gasteiger partial charge in [0.05, 0.1) is 0 Å². The molecular formula is C14H21N5. The van der Waals surface area contributed by atoms with Crippen LogP contribution in [0.25, 0.3) is 0 Å². The monoisotopic (exact) mass is 259 g/mol. The lowest BCUT2D eigenvalue weighted by Crippen LogP contribution is -2.18. The third kappa shape index (κ3) is 2.80. The van der Waals surface area contributed by atoms with Gasteiger partial charge in [0, 0.05) is 50.8 Å². The molecule has 0 aromatic carbocycles. The smallest absolute Gasteiger partial charge is 0.202 e. The Morgan fingerprint density at radius 2 is 2.00 bits per heavy atom. The van der Waals surface area contributed by atoms with E-state index < -0.39 is 0 Å². The lowest BCUT2D eigenvalue weighted by Gasteiger charge is -2.14. The third-order valence-electron chi connectivity index (χ3n) is 3.90. The second-order valence-corrected chi connectivity index (χ2v) is 5.27. The van der Waals surface area contributed by atoms with E-state index in [1.54, 1.807) is 0 Å². The quantitative estimate of drug-likeness (QED) is 0.895. The van der Waals surface area contributed by atoms with Gasteiger partial charge in [0.15, 0.2) is 0 Å². The normalized spacial score (nSPS) is 16.1. The molecule has 1 aliphatic carbocycles. The van der Waals surface area contributed by atoms with Crippen molar-refractivity contribution < 1.29 is 0 Å². The molecule has 0 amide bonds. The summed E-state index contributed by atoms with van der Waals surface area (Å²) >= 11 is 0. The molecule has 3 rings (SSSR count). The number of imidazole rings is 2. The van der Waals surface area contributed by atoms with Crippen molar-refractivity contribution in [3.8, 4) is 0 Å². The zero-order valence-electron chi connectivity index (χ0n) is 11.4. The van der Waals surface area contributed by atoms with E-state index in [2.05, 4.69) is 24.4 Å². The summed E-state index contributed by atoms with van der Waals surface area (Å²) < 4.78 is 4.26. The van der Waals surface area contributed by atoms with Crippen LogP contribution in [0.3, 0.4) is 0 Å². The Morgan fingerprint density at radius 3 is 2.74 bits per heavy atom. The van der Waals surface area contributed by atoms with Crippen molar-refractivity contribution in [2.24, 2.45) is 7.05 Å². The molecule has 1 fully saturated rings. The van der Waals surface area contributed by atoms with E-state index in [0.717, 1.165) is 24.7 Å². The molecule has 0 saturated heterocycles.